The summed E-state index contributed by atoms with van der Waals surface area (Å²) < 4.78 is 11.6. The summed E-state index contributed by atoms with van der Waals surface area (Å²) >= 11 is 1.84. The third-order valence-electron chi connectivity index (χ3n) is 10.2. The van der Waals surface area contributed by atoms with Gasteiger partial charge in [0.2, 0.25) is 0 Å². The molecule has 258 valence electrons. The SMILES string of the molecule is CC(C)(C)c1ccnc(-n2c3cc(Oc4cccc(N5CN(c6ccccc6C(C)(C)C)c6ccccc65)c4)ccc3c3sc4ccccc4c32)c1. The number of nitrogens with zero attached hydrogens (tertiary/aromatic N) is 4. The molecule has 0 unspecified atom stereocenters. The Kier molecular flexibility index (Phi) is 7.46. The second-order valence-corrected chi connectivity index (χ2v) is 16.8. The number of fused-ring (bicyclic) bond motifs is 6. The standard InChI is InChI=1S/C46H42N4OS/c1-45(2,3)30-24-25-47-42(26-30)50-40-28-33(22-23-34(40)44-43(50)35-16-7-12-21-41(35)52-44)51-32-15-13-14-31(27-32)48-29-49(39-20-11-10-19-38(39)48)37-18-9-8-17-36(37)46(4,5)6/h7-28H,29H2,1-6H3. The Labute approximate surface area is 309 Å². The summed E-state index contributed by atoms with van der Waals surface area (Å²) in [6, 6.07) is 45.4. The van der Waals surface area contributed by atoms with E-state index >= 15 is 0 Å². The summed E-state index contributed by atoms with van der Waals surface area (Å²) in [6.07, 6.45) is 1.94. The maximum absolute atomic E-state index is 6.71. The van der Waals surface area contributed by atoms with E-state index in [0.29, 0.717) is 6.67 Å². The highest BCUT2D eigenvalue weighted by atomic mass is 32.1. The van der Waals surface area contributed by atoms with E-state index in [1.807, 2.05) is 23.6 Å². The van der Waals surface area contributed by atoms with Gasteiger partial charge in [0.25, 0.3) is 0 Å². The molecule has 0 atom stereocenters. The minimum absolute atomic E-state index is 0.00136. The molecule has 5 nitrogen and oxygen atoms in total. The first-order valence-corrected chi connectivity index (χ1v) is 18.8. The molecule has 0 bridgehead atoms. The van der Waals surface area contributed by atoms with E-state index in [1.165, 1.54) is 53.9 Å². The van der Waals surface area contributed by atoms with Crippen molar-refractivity contribution in [3.8, 4) is 17.3 Å². The van der Waals surface area contributed by atoms with Crippen LogP contribution in [0.2, 0.25) is 0 Å². The highest BCUT2D eigenvalue weighted by molar-refractivity contribution is 7.26. The third-order valence-corrected chi connectivity index (χ3v) is 11.4. The molecule has 0 saturated carbocycles. The molecule has 1 aliphatic heterocycles. The summed E-state index contributed by atoms with van der Waals surface area (Å²) in [5.41, 5.74) is 9.58. The van der Waals surface area contributed by atoms with Gasteiger partial charge in [-0.3, -0.25) is 4.57 Å². The first-order chi connectivity index (χ1) is 25.0. The van der Waals surface area contributed by atoms with Gasteiger partial charge in [0.1, 0.15) is 24.0 Å². The highest BCUT2D eigenvalue weighted by Crippen LogP contribution is 2.48. The maximum Gasteiger partial charge on any atom is 0.137 e. The number of anilines is 4. The largest absolute Gasteiger partial charge is 0.457 e. The Morgan fingerprint density at radius 3 is 2.12 bits per heavy atom. The summed E-state index contributed by atoms with van der Waals surface area (Å²) in [5.74, 6) is 2.50. The number of pyridine rings is 1. The Morgan fingerprint density at radius 1 is 0.615 bits per heavy atom. The lowest BCUT2D eigenvalue weighted by molar-refractivity contribution is 0.483. The van der Waals surface area contributed by atoms with Gasteiger partial charge >= 0.3 is 0 Å². The first-order valence-electron chi connectivity index (χ1n) is 18.0. The van der Waals surface area contributed by atoms with Crippen LogP contribution in [0.15, 0.2) is 134 Å². The van der Waals surface area contributed by atoms with Gasteiger partial charge in [-0.15, -0.1) is 11.3 Å². The van der Waals surface area contributed by atoms with Crippen LogP contribution in [0.1, 0.15) is 52.7 Å². The Balaban J connectivity index is 1.11. The van der Waals surface area contributed by atoms with Crippen LogP contribution in [0, 0.1) is 0 Å². The van der Waals surface area contributed by atoms with E-state index in [-0.39, 0.29) is 10.8 Å². The smallest absolute Gasteiger partial charge is 0.137 e. The molecule has 1 aliphatic rings. The first kappa shape index (κ1) is 32.3. The molecule has 5 aromatic carbocycles. The molecule has 3 aromatic heterocycles. The molecule has 0 radical (unpaired) electrons. The second-order valence-electron chi connectivity index (χ2n) is 15.8. The van der Waals surface area contributed by atoms with Crippen LogP contribution in [-0.4, -0.2) is 16.2 Å². The molecule has 0 amide bonds. The van der Waals surface area contributed by atoms with Gasteiger partial charge in [-0.1, -0.05) is 96.1 Å². The summed E-state index contributed by atoms with van der Waals surface area (Å²) in [5, 5.41) is 2.44. The molecule has 52 heavy (non-hydrogen) atoms. The average Bonchev–Trinajstić information content (AvgIpc) is 3.80. The second kappa shape index (κ2) is 12.0. The summed E-state index contributed by atoms with van der Waals surface area (Å²) in [4.78, 5) is 9.75. The van der Waals surface area contributed by atoms with Gasteiger partial charge in [-0.25, -0.2) is 4.98 Å². The molecule has 0 fully saturated rings. The normalized spacial score (nSPS) is 13.4. The lowest BCUT2D eigenvalue weighted by atomic mass is 9.85. The average molecular weight is 699 g/mol. The predicted octanol–water partition coefficient (Wildman–Crippen LogP) is 13.0. The summed E-state index contributed by atoms with van der Waals surface area (Å²) in [7, 11) is 0. The number of hydrogen-bond acceptors (Lipinski definition) is 5. The van der Waals surface area contributed by atoms with Crippen molar-refractivity contribution in [2.45, 2.75) is 52.4 Å². The Hall–Kier alpha value is -5.59. The lowest BCUT2D eigenvalue weighted by Crippen LogP contribution is -2.26. The highest BCUT2D eigenvalue weighted by Gasteiger charge is 2.31. The van der Waals surface area contributed by atoms with Crippen molar-refractivity contribution in [1.29, 1.82) is 0 Å². The van der Waals surface area contributed by atoms with Crippen LogP contribution in [0.3, 0.4) is 0 Å². The number of benzene rings is 5. The minimum atomic E-state index is -0.00136. The zero-order valence-electron chi connectivity index (χ0n) is 30.5. The molecule has 0 N–H and O–H groups in total. The number of hydrogen-bond donors (Lipinski definition) is 0. The number of para-hydroxylation sites is 3. The molecule has 0 aliphatic carbocycles. The number of thiophene rings is 1. The topological polar surface area (TPSA) is 33.5 Å². The van der Waals surface area contributed by atoms with Gasteiger partial charge in [0, 0.05) is 45.2 Å². The van der Waals surface area contributed by atoms with Crippen molar-refractivity contribution >= 4 is 65.3 Å². The van der Waals surface area contributed by atoms with Crippen molar-refractivity contribution in [2.75, 3.05) is 16.5 Å². The number of aromatic nitrogens is 2. The number of rotatable bonds is 5. The van der Waals surface area contributed by atoms with Gasteiger partial charge in [-0.05, 0) is 82.6 Å². The van der Waals surface area contributed by atoms with Crippen molar-refractivity contribution in [2.24, 2.45) is 0 Å². The molecule has 6 heteroatoms. The molecule has 8 aromatic rings. The zero-order valence-corrected chi connectivity index (χ0v) is 31.3. The van der Waals surface area contributed by atoms with Crippen LogP contribution in [0.5, 0.6) is 11.5 Å². The molecule has 0 spiro atoms. The zero-order chi connectivity index (χ0) is 35.8. The fourth-order valence-electron chi connectivity index (χ4n) is 7.59. The van der Waals surface area contributed by atoms with E-state index in [2.05, 4.69) is 177 Å². The molecule has 4 heterocycles. The Morgan fingerprint density at radius 2 is 1.33 bits per heavy atom. The van der Waals surface area contributed by atoms with Crippen molar-refractivity contribution in [1.82, 2.24) is 9.55 Å². The van der Waals surface area contributed by atoms with Gasteiger partial charge in [-0.2, -0.15) is 0 Å². The molecule has 9 rings (SSSR count). The van der Waals surface area contributed by atoms with Crippen molar-refractivity contribution in [3.63, 3.8) is 0 Å². The predicted molar refractivity (Wildman–Crippen MR) is 220 cm³/mol. The Bertz CT molecular complexity index is 2640. The van der Waals surface area contributed by atoms with Gasteiger partial charge < -0.3 is 14.5 Å². The van der Waals surface area contributed by atoms with Crippen molar-refractivity contribution in [3.05, 3.63) is 145 Å². The molecular formula is C46H42N4OS. The molecule has 0 saturated heterocycles. The van der Waals surface area contributed by atoms with E-state index in [0.717, 1.165) is 28.5 Å². The van der Waals surface area contributed by atoms with Gasteiger partial charge in [0.15, 0.2) is 0 Å². The monoisotopic (exact) mass is 698 g/mol. The minimum Gasteiger partial charge on any atom is -0.457 e. The number of ether oxygens (including phenoxy) is 1. The van der Waals surface area contributed by atoms with Gasteiger partial charge in [0.05, 0.1) is 27.1 Å². The lowest BCUT2D eigenvalue weighted by Gasteiger charge is -2.29. The fourth-order valence-corrected chi connectivity index (χ4v) is 8.81. The molecular weight excluding hydrogens is 657 g/mol. The maximum atomic E-state index is 6.71. The van der Waals surface area contributed by atoms with Crippen LogP contribution in [0.25, 0.3) is 37.0 Å². The quantitative estimate of drug-likeness (QED) is 0.179. The fraction of sp³-hybridized carbons (Fsp3) is 0.196. The van der Waals surface area contributed by atoms with Crippen LogP contribution < -0.4 is 14.5 Å². The van der Waals surface area contributed by atoms with E-state index in [1.54, 1.807) is 0 Å². The van der Waals surface area contributed by atoms with E-state index in [9.17, 15) is 0 Å². The van der Waals surface area contributed by atoms with E-state index < -0.39 is 0 Å². The third kappa shape index (κ3) is 5.41. The summed E-state index contributed by atoms with van der Waals surface area (Å²) in [6.45, 7) is 14.3. The van der Waals surface area contributed by atoms with Crippen LogP contribution in [0.4, 0.5) is 22.7 Å². The van der Waals surface area contributed by atoms with Crippen LogP contribution in [-0.2, 0) is 10.8 Å². The van der Waals surface area contributed by atoms with Crippen LogP contribution >= 0.6 is 11.3 Å². The van der Waals surface area contributed by atoms with E-state index in [4.69, 9.17) is 9.72 Å². The van der Waals surface area contributed by atoms with Crippen molar-refractivity contribution < 1.29 is 4.74 Å².